The molecule has 110 valence electrons. The Morgan fingerprint density at radius 1 is 1.38 bits per heavy atom. The summed E-state index contributed by atoms with van der Waals surface area (Å²) in [5.74, 6) is 0.747. The normalized spacial score (nSPS) is 12.1. The Hall–Kier alpha value is -1.55. The van der Waals surface area contributed by atoms with Crippen LogP contribution in [0, 0.1) is 11.3 Å². The highest BCUT2D eigenvalue weighted by Crippen LogP contribution is 2.27. The molecule has 0 aliphatic carbocycles. The number of aromatic nitrogens is 3. The molecule has 0 N–H and O–H groups in total. The van der Waals surface area contributed by atoms with Gasteiger partial charge in [-0.05, 0) is 31.2 Å². The number of benzene rings is 1. The van der Waals surface area contributed by atoms with Crippen molar-refractivity contribution >= 4 is 23.4 Å². The van der Waals surface area contributed by atoms with Gasteiger partial charge in [-0.2, -0.15) is 5.26 Å². The largest absolute Gasteiger partial charge is 0.383 e. The summed E-state index contributed by atoms with van der Waals surface area (Å²) in [5, 5.41) is 18.6. The first-order chi connectivity index (χ1) is 10.2. The van der Waals surface area contributed by atoms with E-state index in [1.807, 2.05) is 35.8 Å². The van der Waals surface area contributed by atoms with Crippen LogP contribution in [0.4, 0.5) is 0 Å². The zero-order valence-corrected chi connectivity index (χ0v) is 13.4. The van der Waals surface area contributed by atoms with Crippen molar-refractivity contribution in [2.45, 2.75) is 23.9 Å². The van der Waals surface area contributed by atoms with Crippen molar-refractivity contribution in [3.63, 3.8) is 0 Å². The highest BCUT2D eigenvalue weighted by Gasteiger charge is 2.16. The van der Waals surface area contributed by atoms with Crippen molar-refractivity contribution in [3.05, 3.63) is 29.3 Å². The molecule has 1 aromatic carbocycles. The predicted molar refractivity (Wildman–Crippen MR) is 83.3 cm³/mol. The fourth-order valence-electron chi connectivity index (χ4n) is 1.76. The SMILES string of the molecule is COCCn1c(SC(C)C#N)nnc1-c1ccc(Cl)cc1. The van der Waals surface area contributed by atoms with Crippen molar-refractivity contribution in [1.29, 1.82) is 5.26 Å². The lowest BCUT2D eigenvalue weighted by Gasteiger charge is -2.10. The lowest BCUT2D eigenvalue weighted by Crippen LogP contribution is -2.08. The summed E-state index contributed by atoms with van der Waals surface area (Å²) >= 11 is 7.30. The molecule has 5 nitrogen and oxygen atoms in total. The molecular weight excluding hydrogens is 308 g/mol. The van der Waals surface area contributed by atoms with E-state index >= 15 is 0 Å². The van der Waals surface area contributed by atoms with Gasteiger partial charge in [0.1, 0.15) is 0 Å². The predicted octanol–water partition coefficient (Wildman–Crippen LogP) is 3.25. The van der Waals surface area contributed by atoms with E-state index in [0.717, 1.165) is 11.4 Å². The second kappa shape index (κ2) is 7.46. The Morgan fingerprint density at radius 3 is 2.71 bits per heavy atom. The van der Waals surface area contributed by atoms with Gasteiger partial charge in [0, 0.05) is 17.7 Å². The number of hydrogen-bond acceptors (Lipinski definition) is 5. The molecule has 1 unspecified atom stereocenters. The molecule has 0 amide bonds. The minimum atomic E-state index is -0.187. The van der Waals surface area contributed by atoms with Crippen LogP contribution in [0.25, 0.3) is 11.4 Å². The number of methoxy groups -OCH3 is 1. The summed E-state index contributed by atoms with van der Waals surface area (Å²) in [7, 11) is 1.65. The third-order valence-corrected chi connectivity index (χ3v) is 4.03. The third-order valence-electron chi connectivity index (χ3n) is 2.80. The standard InChI is InChI=1S/C14H15ClN4OS/c1-10(9-16)21-14-18-17-13(19(14)7-8-20-2)11-3-5-12(15)6-4-11/h3-6,10H,7-8H2,1-2H3. The average Bonchev–Trinajstić information content (AvgIpc) is 2.88. The van der Waals surface area contributed by atoms with Gasteiger partial charge in [-0.1, -0.05) is 23.4 Å². The first-order valence-electron chi connectivity index (χ1n) is 6.40. The molecule has 0 saturated carbocycles. The van der Waals surface area contributed by atoms with Crippen LogP contribution in [0.2, 0.25) is 5.02 Å². The van der Waals surface area contributed by atoms with E-state index in [-0.39, 0.29) is 5.25 Å². The Bertz CT molecular complexity index is 635. The summed E-state index contributed by atoms with van der Waals surface area (Å²) in [6.45, 7) is 3.01. The van der Waals surface area contributed by atoms with Crippen molar-refractivity contribution in [1.82, 2.24) is 14.8 Å². The molecule has 0 radical (unpaired) electrons. The molecule has 21 heavy (non-hydrogen) atoms. The van der Waals surface area contributed by atoms with Crippen LogP contribution in [0.15, 0.2) is 29.4 Å². The average molecular weight is 323 g/mol. The van der Waals surface area contributed by atoms with Gasteiger partial charge in [-0.25, -0.2) is 0 Å². The zero-order chi connectivity index (χ0) is 15.2. The smallest absolute Gasteiger partial charge is 0.192 e. The molecule has 2 rings (SSSR count). The van der Waals surface area contributed by atoms with E-state index in [1.54, 1.807) is 7.11 Å². The number of hydrogen-bond donors (Lipinski definition) is 0. The number of rotatable bonds is 6. The summed E-state index contributed by atoms with van der Waals surface area (Å²) in [6, 6.07) is 9.62. The molecule has 2 aromatic rings. The topological polar surface area (TPSA) is 63.7 Å². The number of thioether (sulfide) groups is 1. The summed E-state index contributed by atoms with van der Waals surface area (Å²) in [6.07, 6.45) is 0. The van der Waals surface area contributed by atoms with Crippen LogP contribution in [0.3, 0.4) is 0 Å². The van der Waals surface area contributed by atoms with E-state index in [0.29, 0.717) is 23.3 Å². The second-order valence-corrected chi connectivity index (χ2v) is 6.09. The summed E-state index contributed by atoms with van der Waals surface area (Å²) < 4.78 is 7.10. The monoisotopic (exact) mass is 322 g/mol. The van der Waals surface area contributed by atoms with Gasteiger partial charge in [0.25, 0.3) is 0 Å². The number of nitrogens with zero attached hydrogens (tertiary/aromatic N) is 4. The lowest BCUT2D eigenvalue weighted by molar-refractivity contribution is 0.185. The van der Waals surface area contributed by atoms with Gasteiger partial charge in [0.2, 0.25) is 0 Å². The quantitative estimate of drug-likeness (QED) is 0.764. The molecule has 0 bridgehead atoms. The maximum atomic E-state index is 8.95. The molecule has 0 spiro atoms. The van der Waals surface area contributed by atoms with Crippen molar-refractivity contribution < 1.29 is 4.74 Å². The van der Waals surface area contributed by atoms with Crippen LogP contribution in [-0.2, 0) is 11.3 Å². The Morgan fingerprint density at radius 2 is 2.10 bits per heavy atom. The summed E-state index contributed by atoms with van der Waals surface area (Å²) in [4.78, 5) is 0. The first-order valence-corrected chi connectivity index (χ1v) is 7.66. The molecule has 1 aromatic heterocycles. The van der Waals surface area contributed by atoms with Crippen LogP contribution >= 0.6 is 23.4 Å². The number of halogens is 1. The van der Waals surface area contributed by atoms with E-state index in [9.17, 15) is 0 Å². The molecule has 7 heteroatoms. The van der Waals surface area contributed by atoms with Gasteiger partial charge in [-0.15, -0.1) is 10.2 Å². The molecule has 1 atom stereocenters. The molecule has 0 saturated heterocycles. The fourth-order valence-corrected chi connectivity index (χ4v) is 2.64. The van der Waals surface area contributed by atoms with Gasteiger partial charge in [-0.3, -0.25) is 4.57 Å². The van der Waals surface area contributed by atoms with E-state index in [4.69, 9.17) is 21.6 Å². The van der Waals surface area contributed by atoms with Gasteiger partial charge < -0.3 is 4.74 Å². The number of ether oxygens (including phenoxy) is 1. The number of nitriles is 1. The van der Waals surface area contributed by atoms with Gasteiger partial charge in [0.05, 0.1) is 24.5 Å². The van der Waals surface area contributed by atoms with Crippen LogP contribution in [0.1, 0.15) is 6.92 Å². The van der Waals surface area contributed by atoms with Crippen molar-refractivity contribution in [2.24, 2.45) is 0 Å². The fraction of sp³-hybridized carbons (Fsp3) is 0.357. The Labute approximate surface area is 132 Å². The maximum absolute atomic E-state index is 8.95. The lowest BCUT2D eigenvalue weighted by atomic mass is 10.2. The van der Waals surface area contributed by atoms with Crippen molar-refractivity contribution in [2.75, 3.05) is 13.7 Å². The Kier molecular flexibility index (Phi) is 5.62. The highest BCUT2D eigenvalue weighted by molar-refractivity contribution is 8.00. The molecule has 0 aliphatic heterocycles. The minimum absolute atomic E-state index is 0.187. The zero-order valence-electron chi connectivity index (χ0n) is 11.8. The van der Waals surface area contributed by atoms with E-state index in [2.05, 4.69) is 16.3 Å². The molecule has 0 aliphatic rings. The molecule has 0 fully saturated rings. The van der Waals surface area contributed by atoms with E-state index < -0.39 is 0 Å². The summed E-state index contributed by atoms with van der Waals surface area (Å²) in [5.41, 5.74) is 0.930. The van der Waals surface area contributed by atoms with Gasteiger partial charge >= 0.3 is 0 Å². The maximum Gasteiger partial charge on any atom is 0.192 e. The van der Waals surface area contributed by atoms with Crippen LogP contribution in [-0.4, -0.2) is 33.7 Å². The molecule has 1 heterocycles. The van der Waals surface area contributed by atoms with Crippen molar-refractivity contribution in [3.8, 4) is 17.5 Å². The van der Waals surface area contributed by atoms with Crippen LogP contribution < -0.4 is 0 Å². The third kappa shape index (κ3) is 3.97. The van der Waals surface area contributed by atoms with Gasteiger partial charge in [0.15, 0.2) is 11.0 Å². The minimum Gasteiger partial charge on any atom is -0.383 e. The van der Waals surface area contributed by atoms with Crippen LogP contribution in [0.5, 0.6) is 0 Å². The highest BCUT2D eigenvalue weighted by atomic mass is 35.5. The Balaban J connectivity index is 2.36. The van der Waals surface area contributed by atoms with E-state index in [1.165, 1.54) is 11.8 Å². The molecular formula is C14H15ClN4OS. The second-order valence-electron chi connectivity index (χ2n) is 4.35. The first kappa shape index (κ1) is 15.8.